The van der Waals surface area contributed by atoms with E-state index in [4.69, 9.17) is 4.74 Å². The lowest BCUT2D eigenvalue weighted by atomic mass is 10.4. The van der Waals surface area contributed by atoms with Crippen LogP contribution in [-0.4, -0.2) is 29.5 Å². The number of hydrogen-bond donors (Lipinski definition) is 1. The molecule has 0 spiro atoms. The summed E-state index contributed by atoms with van der Waals surface area (Å²) in [4.78, 5) is 0. The van der Waals surface area contributed by atoms with Gasteiger partial charge in [0, 0.05) is 19.3 Å². The molecule has 5 heteroatoms. The molecule has 0 aliphatic rings. The summed E-state index contributed by atoms with van der Waals surface area (Å²) in [5.74, 6) is 0. The molecule has 1 aromatic rings. The van der Waals surface area contributed by atoms with Crippen LogP contribution in [0.5, 0.6) is 0 Å². The summed E-state index contributed by atoms with van der Waals surface area (Å²) in [6, 6.07) is 0.373. The smallest absolute Gasteiger partial charge is 0.102 e. The Morgan fingerprint density at radius 1 is 1.71 bits per heavy atom. The third-order valence-corrected chi connectivity index (χ3v) is 2.62. The quantitative estimate of drug-likeness (QED) is 0.869. The van der Waals surface area contributed by atoms with E-state index in [1.165, 1.54) is 0 Å². The van der Waals surface area contributed by atoms with Gasteiger partial charge in [-0.05, 0) is 29.9 Å². The Hall–Kier alpha value is -0.390. The fourth-order valence-corrected chi connectivity index (χ4v) is 1.51. The maximum Gasteiger partial charge on any atom is 0.102 e. The van der Waals surface area contributed by atoms with Crippen molar-refractivity contribution in [1.29, 1.82) is 0 Å². The van der Waals surface area contributed by atoms with E-state index in [9.17, 15) is 0 Å². The maximum atomic E-state index is 5.50. The zero-order valence-electron chi connectivity index (χ0n) is 8.75. The molecule has 0 aliphatic heterocycles. The molecule has 0 aliphatic carbocycles. The Labute approximate surface area is 92.8 Å². The number of aryl methyl sites for hydroxylation is 1. The number of nitrogens with one attached hydrogen (secondary N) is 1. The molecule has 0 aromatic carbocycles. The van der Waals surface area contributed by atoms with Crippen LogP contribution in [0.2, 0.25) is 0 Å². The molecule has 1 heterocycles. The van der Waals surface area contributed by atoms with Crippen LogP contribution in [0.25, 0.3) is 0 Å². The van der Waals surface area contributed by atoms with E-state index in [1.54, 1.807) is 4.68 Å². The van der Waals surface area contributed by atoms with Gasteiger partial charge in [-0.1, -0.05) is 0 Å². The first kappa shape index (κ1) is 11.7. The first-order valence-electron chi connectivity index (χ1n) is 4.56. The number of hydrogen-bond acceptors (Lipinski definition) is 3. The zero-order valence-corrected chi connectivity index (χ0v) is 10.3. The van der Waals surface area contributed by atoms with Gasteiger partial charge in [-0.3, -0.25) is 4.68 Å². The third kappa shape index (κ3) is 3.40. The van der Waals surface area contributed by atoms with Crippen molar-refractivity contribution < 1.29 is 4.74 Å². The van der Waals surface area contributed by atoms with E-state index >= 15 is 0 Å². The third-order valence-electron chi connectivity index (χ3n) is 1.95. The Balaban J connectivity index is 2.34. The first-order chi connectivity index (χ1) is 6.63. The molecule has 0 radical (unpaired) electrons. The van der Waals surface area contributed by atoms with E-state index in [-0.39, 0.29) is 0 Å². The number of rotatable bonds is 5. The number of aromatic nitrogens is 2. The van der Waals surface area contributed by atoms with Crippen LogP contribution in [0.1, 0.15) is 12.6 Å². The van der Waals surface area contributed by atoms with Gasteiger partial charge in [0.05, 0.1) is 17.7 Å². The van der Waals surface area contributed by atoms with Gasteiger partial charge in [-0.2, -0.15) is 5.10 Å². The highest BCUT2D eigenvalue weighted by Crippen LogP contribution is 2.14. The summed E-state index contributed by atoms with van der Waals surface area (Å²) in [7, 11) is 3.81. The summed E-state index contributed by atoms with van der Waals surface area (Å²) < 4.78 is 8.26. The minimum Gasteiger partial charge on any atom is -0.373 e. The summed E-state index contributed by atoms with van der Waals surface area (Å²) in [6.07, 6.45) is 1.92. The van der Waals surface area contributed by atoms with Crippen LogP contribution in [0.3, 0.4) is 0 Å². The molecule has 4 nitrogen and oxygen atoms in total. The highest BCUT2D eigenvalue weighted by molar-refractivity contribution is 9.10. The lowest BCUT2D eigenvalue weighted by Gasteiger charge is -2.09. The molecule has 0 amide bonds. The van der Waals surface area contributed by atoms with Crippen LogP contribution < -0.4 is 5.32 Å². The minimum absolute atomic E-state index is 0.373. The molecule has 0 unspecified atom stereocenters. The van der Waals surface area contributed by atoms with Gasteiger partial charge >= 0.3 is 0 Å². The molecule has 1 atom stereocenters. The largest absolute Gasteiger partial charge is 0.373 e. The van der Waals surface area contributed by atoms with Crippen LogP contribution in [0.15, 0.2) is 10.7 Å². The van der Waals surface area contributed by atoms with Crippen molar-refractivity contribution in [2.45, 2.75) is 19.6 Å². The molecule has 0 fully saturated rings. The van der Waals surface area contributed by atoms with Crippen molar-refractivity contribution in [2.24, 2.45) is 7.05 Å². The Morgan fingerprint density at radius 3 is 2.93 bits per heavy atom. The second-order valence-electron chi connectivity index (χ2n) is 3.30. The molecule has 0 saturated heterocycles. The highest BCUT2D eigenvalue weighted by atomic mass is 79.9. The maximum absolute atomic E-state index is 5.50. The number of ether oxygens (including phenoxy) is 1. The van der Waals surface area contributed by atoms with Crippen LogP contribution in [-0.2, 0) is 18.4 Å². The van der Waals surface area contributed by atoms with Gasteiger partial charge in [-0.15, -0.1) is 0 Å². The predicted molar refractivity (Wildman–Crippen MR) is 59.1 cm³/mol. The highest BCUT2D eigenvalue weighted by Gasteiger charge is 2.05. The fraction of sp³-hybridized carbons (Fsp3) is 0.667. The van der Waals surface area contributed by atoms with Crippen molar-refractivity contribution in [2.75, 3.05) is 13.7 Å². The summed E-state index contributed by atoms with van der Waals surface area (Å²) in [5, 5.41) is 7.37. The van der Waals surface area contributed by atoms with Crippen molar-refractivity contribution in [3.63, 3.8) is 0 Å². The molecule has 80 valence electrons. The zero-order chi connectivity index (χ0) is 10.6. The molecular weight excluding hydrogens is 246 g/mol. The standard InChI is InChI=1S/C9H16BrN3O/c1-7(11-2)5-14-6-9-8(10)4-13(3)12-9/h4,7,11H,5-6H2,1-3H3/t7-/m1/s1. The molecule has 0 bridgehead atoms. The molecule has 1 aromatic heterocycles. The van der Waals surface area contributed by atoms with E-state index in [1.807, 2.05) is 20.3 Å². The van der Waals surface area contributed by atoms with E-state index < -0.39 is 0 Å². The van der Waals surface area contributed by atoms with Crippen LogP contribution >= 0.6 is 15.9 Å². The van der Waals surface area contributed by atoms with Crippen molar-refractivity contribution in [1.82, 2.24) is 15.1 Å². The Kier molecular flexibility index (Phi) is 4.57. The number of nitrogens with zero attached hydrogens (tertiary/aromatic N) is 2. The molecule has 1 rings (SSSR count). The summed E-state index contributed by atoms with van der Waals surface area (Å²) >= 11 is 3.42. The topological polar surface area (TPSA) is 39.1 Å². The average Bonchev–Trinajstić information content (AvgIpc) is 2.45. The van der Waals surface area contributed by atoms with Gasteiger partial charge in [0.15, 0.2) is 0 Å². The van der Waals surface area contributed by atoms with E-state index in [0.29, 0.717) is 19.3 Å². The normalized spacial score (nSPS) is 13.1. The van der Waals surface area contributed by atoms with Gasteiger partial charge in [-0.25, -0.2) is 0 Å². The second kappa shape index (κ2) is 5.48. The van der Waals surface area contributed by atoms with E-state index in [2.05, 4.69) is 33.3 Å². The lowest BCUT2D eigenvalue weighted by molar-refractivity contribution is 0.102. The van der Waals surface area contributed by atoms with Gasteiger partial charge < -0.3 is 10.1 Å². The number of halogens is 1. The minimum atomic E-state index is 0.373. The fourth-order valence-electron chi connectivity index (χ4n) is 1.02. The Bertz CT molecular complexity index is 288. The van der Waals surface area contributed by atoms with Gasteiger partial charge in [0.2, 0.25) is 0 Å². The molecule has 14 heavy (non-hydrogen) atoms. The summed E-state index contributed by atoms with van der Waals surface area (Å²) in [6.45, 7) is 3.32. The average molecular weight is 262 g/mol. The van der Waals surface area contributed by atoms with Crippen LogP contribution in [0, 0.1) is 0 Å². The van der Waals surface area contributed by atoms with Gasteiger partial charge in [0.1, 0.15) is 5.69 Å². The summed E-state index contributed by atoms with van der Waals surface area (Å²) in [5.41, 5.74) is 0.941. The van der Waals surface area contributed by atoms with Crippen molar-refractivity contribution in [3.8, 4) is 0 Å². The van der Waals surface area contributed by atoms with Crippen molar-refractivity contribution in [3.05, 3.63) is 16.4 Å². The molecular formula is C9H16BrN3O. The van der Waals surface area contributed by atoms with Crippen molar-refractivity contribution >= 4 is 15.9 Å². The lowest BCUT2D eigenvalue weighted by Crippen LogP contribution is -2.26. The SMILES string of the molecule is CN[C@H](C)COCc1nn(C)cc1Br. The Morgan fingerprint density at radius 2 is 2.43 bits per heavy atom. The number of likely N-dealkylation sites (N-methyl/N-ethyl adjacent to an activating group) is 1. The first-order valence-corrected chi connectivity index (χ1v) is 5.35. The predicted octanol–water partition coefficient (Wildman–Crippen LogP) is 1.31. The monoisotopic (exact) mass is 261 g/mol. The molecule has 1 N–H and O–H groups in total. The van der Waals surface area contributed by atoms with E-state index in [0.717, 1.165) is 10.2 Å². The van der Waals surface area contributed by atoms with Crippen LogP contribution in [0.4, 0.5) is 0 Å². The molecule has 0 saturated carbocycles. The van der Waals surface area contributed by atoms with Gasteiger partial charge in [0.25, 0.3) is 0 Å². The second-order valence-corrected chi connectivity index (χ2v) is 4.16.